The van der Waals surface area contributed by atoms with Gasteiger partial charge in [0.05, 0.1) is 0 Å². The van der Waals surface area contributed by atoms with Crippen molar-refractivity contribution in [1.82, 2.24) is 15.1 Å². The number of nitrogens with one attached hydrogen (secondary N) is 1. The molecule has 1 aliphatic heterocycles. The van der Waals surface area contributed by atoms with E-state index < -0.39 is 0 Å². The standard InChI is InChI=1S/C15H22ClN3O/c1-18-7-8-19(2)14(11-18)10-17-15(20)13-5-3-12(9-16)4-6-13/h3-6,14H,7-11H2,1-2H3,(H,17,20). The second-order valence-electron chi connectivity index (χ2n) is 5.44. The summed E-state index contributed by atoms with van der Waals surface area (Å²) in [5, 5.41) is 3.02. The maximum atomic E-state index is 12.1. The molecule has 0 spiro atoms. The minimum absolute atomic E-state index is 0.0206. The molecule has 1 heterocycles. The van der Waals surface area contributed by atoms with Crippen LogP contribution in [0.3, 0.4) is 0 Å². The normalized spacial score (nSPS) is 20.9. The largest absolute Gasteiger partial charge is 0.350 e. The van der Waals surface area contributed by atoms with Crippen LogP contribution in [0.4, 0.5) is 0 Å². The first-order valence-electron chi connectivity index (χ1n) is 6.92. The van der Waals surface area contributed by atoms with Crippen molar-refractivity contribution in [2.75, 3.05) is 40.3 Å². The van der Waals surface area contributed by atoms with Crippen molar-refractivity contribution in [3.63, 3.8) is 0 Å². The van der Waals surface area contributed by atoms with Gasteiger partial charge in [-0.15, -0.1) is 11.6 Å². The lowest BCUT2D eigenvalue weighted by Crippen LogP contribution is -2.54. The third kappa shape index (κ3) is 3.95. The van der Waals surface area contributed by atoms with Crippen molar-refractivity contribution in [3.05, 3.63) is 35.4 Å². The van der Waals surface area contributed by atoms with Crippen LogP contribution in [0.1, 0.15) is 15.9 Å². The summed E-state index contributed by atoms with van der Waals surface area (Å²) in [6, 6.07) is 7.80. The third-order valence-electron chi connectivity index (χ3n) is 3.85. The van der Waals surface area contributed by atoms with Crippen molar-refractivity contribution in [2.45, 2.75) is 11.9 Å². The van der Waals surface area contributed by atoms with E-state index in [1.807, 2.05) is 24.3 Å². The highest BCUT2D eigenvalue weighted by molar-refractivity contribution is 6.17. The molecule has 1 unspecified atom stereocenters. The van der Waals surface area contributed by atoms with Crippen molar-refractivity contribution < 1.29 is 4.79 Å². The summed E-state index contributed by atoms with van der Waals surface area (Å²) < 4.78 is 0. The number of rotatable bonds is 4. The smallest absolute Gasteiger partial charge is 0.251 e. The Bertz CT molecular complexity index is 449. The van der Waals surface area contributed by atoms with Gasteiger partial charge in [0.1, 0.15) is 0 Å². The van der Waals surface area contributed by atoms with E-state index in [1.54, 1.807) is 0 Å². The Balaban J connectivity index is 1.87. The molecule has 4 nitrogen and oxygen atoms in total. The summed E-state index contributed by atoms with van der Waals surface area (Å²) in [5.74, 6) is 0.453. The second-order valence-corrected chi connectivity index (χ2v) is 5.70. The van der Waals surface area contributed by atoms with E-state index in [1.165, 1.54) is 0 Å². The summed E-state index contributed by atoms with van der Waals surface area (Å²) in [4.78, 5) is 16.7. The van der Waals surface area contributed by atoms with Crippen LogP contribution in [-0.4, -0.2) is 62.0 Å². The summed E-state index contributed by atoms with van der Waals surface area (Å²) in [6.45, 7) is 3.79. The Hall–Kier alpha value is -1.10. The molecule has 5 heteroatoms. The van der Waals surface area contributed by atoms with Gasteiger partial charge in [-0.25, -0.2) is 0 Å². The number of piperazine rings is 1. The fraction of sp³-hybridized carbons (Fsp3) is 0.533. The summed E-state index contributed by atoms with van der Waals surface area (Å²) in [5.41, 5.74) is 1.71. The number of carbonyl (C=O) groups excluding carboxylic acids is 1. The average molecular weight is 296 g/mol. The molecule has 20 heavy (non-hydrogen) atoms. The van der Waals surface area contributed by atoms with E-state index in [4.69, 9.17) is 11.6 Å². The Morgan fingerprint density at radius 2 is 2.00 bits per heavy atom. The van der Waals surface area contributed by atoms with Gasteiger partial charge in [-0.3, -0.25) is 9.69 Å². The molecule has 1 fully saturated rings. The predicted molar refractivity (Wildman–Crippen MR) is 82.2 cm³/mol. The Morgan fingerprint density at radius 3 is 2.65 bits per heavy atom. The van der Waals surface area contributed by atoms with Crippen LogP contribution in [0.5, 0.6) is 0 Å². The van der Waals surface area contributed by atoms with Gasteiger partial charge in [0, 0.05) is 43.7 Å². The Morgan fingerprint density at radius 1 is 1.30 bits per heavy atom. The molecule has 1 amide bonds. The number of hydrogen-bond donors (Lipinski definition) is 1. The minimum Gasteiger partial charge on any atom is -0.350 e. The zero-order valence-corrected chi connectivity index (χ0v) is 12.9. The number of nitrogens with zero attached hydrogens (tertiary/aromatic N) is 2. The fourth-order valence-electron chi connectivity index (χ4n) is 2.38. The molecule has 1 N–H and O–H groups in total. The lowest BCUT2D eigenvalue weighted by molar-refractivity contribution is 0.0881. The molecule has 110 valence electrons. The van der Waals surface area contributed by atoms with Gasteiger partial charge < -0.3 is 10.2 Å². The first-order chi connectivity index (χ1) is 9.60. The molecule has 1 aromatic carbocycles. The zero-order chi connectivity index (χ0) is 14.5. The number of carbonyl (C=O) groups is 1. The second kappa shape index (κ2) is 7.07. The van der Waals surface area contributed by atoms with Crippen LogP contribution in [-0.2, 0) is 5.88 Å². The van der Waals surface area contributed by atoms with E-state index in [9.17, 15) is 4.79 Å². The predicted octanol–water partition coefficient (Wildman–Crippen LogP) is 1.40. The molecule has 1 saturated heterocycles. The molecule has 0 aliphatic carbocycles. The van der Waals surface area contributed by atoms with Gasteiger partial charge in [-0.2, -0.15) is 0 Å². The number of amides is 1. The molecule has 0 saturated carbocycles. The van der Waals surface area contributed by atoms with Crippen LogP contribution in [0.2, 0.25) is 0 Å². The number of hydrogen-bond acceptors (Lipinski definition) is 3. The minimum atomic E-state index is -0.0206. The van der Waals surface area contributed by atoms with Gasteiger partial charge in [0.25, 0.3) is 5.91 Å². The lowest BCUT2D eigenvalue weighted by atomic mass is 10.1. The van der Waals surface area contributed by atoms with E-state index in [-0.39, 0.29) is 5.91 Å². The van der Waals surface area contributed by atoms with Gasteiger partial charge in [0.2, 0.25) is 0 Å². The number of likely N-dealkylation sites (N-methyl/N-ethyl adjacent to an activating group) is 2. The van der Waals surface area contributed by atoms with E-state index in [2.05, 4.69) is 29.2 Å². The Kier molecular flexibility index (Phi) is 5.40. The zero-order valence-electron chi connectivity index (χ0n) is 12.1. The molecule has 0 aromatic heterocycles. The molecule has 1 aliphatic rings. The van der Waals surface area contributed by atoms with Crippen LogP contribution in [0.25, 0.3) is 0 Å². The van der Waals surface area contributed by atoms with E-state index >= 15 is 0 Å². The number of alkyl halides is 1. The van der Waals surface area contributed by atoms with Gasteiger partial charge in [0.15, 0.2) is 0 Å². The van der Waals surface area contributed by atoms with Crippen molar-refractivity contribution in [1.29, 1.82) is 0 Å². The van der Waals surface area contributed by atoms with Crippen molar-refractivity contribution in [3.8, 4) is 0 Å². The maximum Gasteiger partial charge on any atom is 0.251 e. The molecular weight excluding hydrogens is 274 g/mol. The van der Waals surface area contributed by atoms with E-state index in [0.29, 0.717) is 24.0 Å². The molecule has 2 rings (SSSR count). The first-order valence-corrected chi connectivity index (χ1v) is 7.45. The fourth-order valence-corrected chi connectivity index (χ4v) is 2.56. The molecule has 0 bridgehead atoms. The maximum absolute atomic E-state index is 12.1. The Labute approximate surface area is 125 Å². The lowest BCUT2D eigenvalue weighted by Gasteiger charge is -2.37. The van der Waals surface area contributed by atoms with Crippen LogP contribution >= 0.6 is 11.6 Å². The van der Waals surface area contributed by atoms with E-state index in [0.717, 1.165) is 25.2 Å². The van der Waals surface area contributed by atoms with Crippen LogP contribution in [0.15, 0.2) is 24.3 Å². The van der Waals surface area contributed by atoms with Crippen molar-refractivity contribution in [2.24, 2.45) is 0 Å². The molecule has 1 atom stereocenters. The van der Waals surface area contributed by atoms with Gasteiger partial charge in [-0.05, 0) is 31.8 Å². The highest BCUT2D eigenvalue weighted by Crippen LogP contribution is 2.08. The third-order valence-corrected chi connectivity index (χ3v) is 4.16. The highest BCUT2D eigenvalue weighted by Gasteiger charge is 2.22. The summed E-state index contributed by atoms with van der Waals surface area (Å²) >= 11 is 5.74. The van der Waals surface area contributed by atoms with Crippen LogP contribution < -0.4 is 5.32 Å². The first kappa shape index (κ1) is 15.3. The van der Waals surface area contributed by atoms with Gasteiger partial charge in [-0.1, -0.05) is 12.1 Å². The topological polar surface area (TPSA) is 35.6 Å². The number of benzene rings is 1. The summed E-state index contributed by atoms with van der Waals surface area (Å²) in [7, 11) is 4.23. The molecular formula is C15H22ClN3O. The molecule has 1 aromatic rings. The summed E-state index contributed by atoms with van der Waals surface area (Å²) in [6.07, 6.45) is 0. The highest BCUT2D eigenvalue weighted by atomic mass is 35.5. The van der Waals surface area contributed by atoms with Crippen LogP contribution in [0, 0.1) is 0 Å². The average Bonchev–Trinajstić information content (AvgIpc) is 2.48. The monoisotopic (exact) mass is 295 g/mol. The molecule has 0 radical (unpaired) electrons. The van der Waals surface area contributed by atoms with Crippen molar-refractivity contribution >= 4 is 17.5 Å². The SMILES string of the molecule is CN1CCN(C)C(CNC(=O)c2ccc(CCl)cc2)C1. The van der Waals surface area contributed by atoms with Gasteiger partial charge >= 0.3 is 0 Å². The number of halogens is 1. The quantitative estimate of drug-likeness (QED) is 0.853.